The summed E-state index contributed by atoms with van der Waals surface area (Å²) in [6.45, 7) is 1.57. The van der Waals surface area contributed by atoms with Crippen LogP contribution in [0.5, 0.6) is 0 Å². The lowest BCUT2D eigenvalue weighted by atomic mass is 10.0. The van der Waals surface area contributed by atoms with Gasteiger partial charge in [0.05, 0.1) is 0 Å². The van der Waals surface area contributed by atoms with Crippen molar-refractivity contribution < 1.29 is 27.6 Å². The fraction of sp³-hybridized carbons (Fsp3) is 0.625. The van der Waals surface area contributed by atoms with E-state index < -0.39 is 18.0 Å². The van der Waals surface area contributed by atoms with Crippen molar-refractivity contribution in [3.05, 3.63) is 11.7 Å². The monoisotopic (exact) mass is 238 g/mol. The van der Waals surface area contributed by atoms with Crippen LogP contribution in [-0.4, -0.2) is 21.2 Å². The number of nitrogens with zero attached hydrogens (tertiary/aromatic N) is 2. The van der Waals surface area contributed by atoms with Crippen molar-refractivity contribution >= 4 is 5.97 Å². The molecule has 0 saturated heterocycles. The first-order chi connectivity index (χ1) is 7.29. The number of halogens is 3. The first-order valence-corrected chi connectivity index (χ1v) is 4.40. The summed E-state index contributed by atoms with van der Waals surface area (Å²) < 4.78 is 40.6. The Morgan fingerprint density at radius 1 is 1.56 bits per heavy atom. The van der Waals surface area contributed by atoms with Gasteiger partial charge in [-0.3, -0.25) is 4.79 Å². The lowest BCUT2D eigenvalue weighted by Crippen LogP contribution is -2.09. The molecule has 0 amide bonds. The lowest BCUT2D eigenvalue weighted by molar-refractivity contribution is -0.146. The largest absolute Gasteiger partial charge is 0.481 e. The number of carboxylic acid groups (broad SMARTS) is 1. The van der Waals surface area contributed by atoms with E-state index in [1.165, 1.54) is 0 Å². The van der Waals surface area contributed by atoms with E-state index in [9.17, 15) is 18.0 Å². The molecule has 0 spiro atoms. The van der Waals surface area contributed by atoms with Crippen LogP contribution in [0, 0.1) is 5.92 Å². The molecule has 0 bridgehead atoms. The molecule has 5 nitrogen and oxygen atoms in total. The summed E-state index contributed by atoms with van der Waals surface area (Å²) in [7, 11) is 0. The number of hydrogen-bond acceptors (Lipinski definition) is 4. The minimum atomic E-state index is -4.64. The number of aliphatic carboxylic acids is 1. The third-order valence-corrected chi connectivity index (χ3v) is 1.77. The molecule has 1 unspecified atom stereocenters. The van der Waals surface area contributed by atoms with E-state index in [0.717, 1.165) is 0 Å². The molecule has 8 heteroatoms. The zero-order valence-electron chi connectivity index (χ0n) is 8.28. The van der Waals surface area contributed by atoms with Crippen molar-refractivity contribution in [3.63, 3.8) is 0 Å². The number of carboxylic acids is 1. The fourth-order valence-electron chi connectivity index (χ4n) is 1.12. The van der Waals surface area contributed by atoms with Gasteiger partial charge < -0.3 is 9.63 Å². The number of aromatic nitrogens is 2. The van der Waals surface area contributed by atoms with E-state index in [1.807, 2.05) is 0 Å². The van der Waals surface area contributed by atoms with Crippen LogP contribution < -0.4 is 0 Å². The van der Waals surface area contributed by atoms with Crippen LogP contribution in [0.3, 0.4) is 0 Å². The molecule has 1 heterocycles. The van der Waals surface area contributed by atoms with Crippen LogP contribution >= 0.6 is 0 Å². The predicted molar refractivity (Wildman–Crippen MR) is 44.4 cm³/mol. The number of hydrogen-bond donors (Lipinski definition) is 1. The van der Waals surface area contributed by atoms with E-state index in [4.69, 9.17) is 5.11 Å². The normalized spacial score (nSPS) is 13.8. The molecule has 0 aliphatic rings. The molecule has 1 aromatic heterocycles. The highest BCUT2D eigenvalue weighted by Crippen LogP contribution is 2.26. The van der Waals surface area contributed by atoms with Crippen molar-refractivity contribution in [2.24, 2.45) is 5.92 Å². The van der Waals surface area contributed by atoms with Crippen molar-refractivity contribution in [3.8, 4) is 0 Å². The van der Waals surface area contributed by atoms with Gasteiger partial charge in [-0.25, -0.2) is 0 Å². The van der Waals surface area contributed by atoms with Crippen molar-refractivity contribution in [2.45, 2.75) is 25.9 Å². The van der Waals surface area contributed by atoms with Crippen molar-refractivity contribution in [1.29, 1.82) is 0 Å². The smallest absolute Gasteiger partial charge is 0.455 e. The first-order valence-electron chi connectivity index (χ1n) is 4.40. The van der Waals surface area contributed by atoms with Gasteiger partial charge in [0.25, 0.3) is 5.82 Å². The molecule has 1 atom stereocenters. The summed E-state index contributed by atoms with van der Waals surface area (Å²) in [4.78, 5) is 13.5. The summed E-state index contributed by atoms with van der Waals surface area (Å²) in [5, 5.41) is 11.2. The topological polar surface area (TPSA) is 76.2 Å². The third kappa shape index (κ3) is 3.52. The second-order valence-electron chi connectivity index (χ2n) is 3.42. The highest BCUT2D eigenvalue weighted by atomic mass is 19.4. The molecule has 0 radical (unpaired) electrons. The maximum atomic E-state index is 12.1. The van der Waals surface area contributed by atoms with Gasteiger partial charge in [-0.05, 0) is 5.92 Å². The maximum absolute atomic E-state index is 12.1. The van der Waals surface area contributed by atoms with Gasteiger partial charge in [-0.15, -0.1) is 0 Å². The number of rotatable bonds is 4. The van der Waals surface area contributed by atoms with Gasteiger partial charge >= 0.3 is 12.1 Å². The summed E-state index contributed by atoms with van der Waals surface area (Å²) in [5.74, 6) is -2.94. The predicted octanol–water partition coefficient (Wildman–Crippen LogP) is 1.74. The Morgan fingerprint density at radius 2 is 2.19 bits per heavy atom. The third-order valence-electron chi connectivity index (χ3n) is 1.77. The Labute approximate surface area is 88.3 Å². The molecule has 0 aliphatic heterocycles. The molecule has 1 aromatic rings. The molecule has 90 valence electrons. The minimum Gasteiger partial charge on any atom is -0.481 e. The number of alkyl halides is 3. The summed E-state index contributed by atoms with van der Waals surface area (Å²) in [6, 6.07) is 0. The quantitative estimate of drug-likeness (QED) is 0.864. The van der Waals surface area contributed by atoms with Crippen LogP contribution in [0.4, 0.5) is 13.2 Å². The molecular weight excluding hydrogens is 229 g/mol. The second kappa shape index (κ2) is 4.50. The maximum Gasteiger partial charge on any atom is 0.455 e. The Bertz CT molecular complexity index is 375. The highest BCUT2D eigenvalue weighted by molar-refractivity contribution is 5.66. The van der Waals surface area contributed by atoms with Gasteiger partial charge in [0.15, 0.2) is 0 Å². The van der Waals surface area contributed by atoms with Gasteiger partial charge in [0, 0.05) is 12.8 Å². The molecular formula is C8H9F3N2O3. The van der Waals surface area contributed by atoms with Crippen LogP contribution in [0.25, 0.3) is 0 Å². The van der Waals surface area contributed by atoms with E-state index >= 15 is 0 Å². The summed E-state index contributed by atoms with van der Waals surface area (Å²) >= 11 is 0. The Hall–Kier alpha value is -1.60. The Kier molecular flexibility index (Phi) is 3.51. The molecule has 1 N–H and O–H groups in total. The average molecular weight is 238 g/mol. The standard InChI is InChI=1S/C8H9F3N2O3/c1-4(3-6(14)15)2-5-12-7(13-16-5)8(9,10)11/h4H,2-3H2,1H3,(H,14,15). The van der Waals surface area contributed by atoms with Crippen LogP contribution in [0.1, 0.15) is 25.1 Å². The Balaban J connectivity index is 2.62. The molecule has 1 rings (SSSR count). The Morgan fingerprint density at radius 3 is 2.62 bits per heavy atom. The average Bonchev–Trinajstić information content (AvgIpc) is 2.49. The van der Waals surface area contributed by atoms with E-state index in [1.54, 1.807) is 6.92 Å². The van der Waals surface area contributed by atoms with Gasteiger partial charge in [0.2, 0.25) is 5.89 Å². The molecule has 0 saturated carbocycles. The SMILES string of the molecule is CC(CC(=O)O)Cc1nc(C(F)(F)F)no1. The molecule has 0 fully saturated rings. The molecule has 0 aromatic carbocycles. The van der Waals surface area contributed by atoms with Crippen molar-refractivity contribution in [1.82, 2.24) is 10.1 Å². The molecule has 16 heavy (non-hydrogen) atoms. The minimum absolute atomic E-state index is 0.00931. The van der Waals surface area contributed by atoms with Crippen LogP contribution in [0.15, 0.2) is 4.52 Å². The van der Waals surface area contributed by atoms with Gasteiger partial charge in [-0.2, -0.15) is 18.2 Å². The second-order valence-corrected chi connectivity index (χ2v) is 3.42. The van der Waals surface area contributed by atoms with Gasteiger partial charge in [0.1, 0.15) is 0 Å². The zero-order chi connectivity index (χ0) is 12.3. The van der Waals surface area contributed by atoms with E-state index in [2.05, 4.69) is 14.7 Å². The van der Waals surface area contributed by atoms with E-state index in [0.29, 0.717) is 0 Å². The lowest BCUT2D eigenvalue weighted by Gasteiger charge is -2.03. The number of carbonyl (C=O) groups is 1. The zero-order valence-corrected chi connectivity index (χ0v) is 8.28. The van der Waals surface area contributed by atoms with Crippen molar-refractivity contribution in [2.75, 3.05) is 0 Å². The van der Waals surface area contributed by atoms with Crippen LogP contribution in [-0.2, 0) is 17.4 Å². The summed E-state index contributed by atoms with van der Waals surface area (Å²) in [6.07, 6.45) is -4.79. The fourth-order valence-corrected chi connectivity index (χ4v) is 1.12. The molecule has 0 aliphatic carbocycles. The highest BCUT2D eigenvalue weighted by Gasteiger charge is 2.37. The van der Waals surface area contributed by atoms with E-state index in [-0.39, 0.29) is 24.7 Å². The van der Waals surface area contributed by atoms with Gasteiger partial charge in [-0.1, -0.05) is 12.1 Å². The van der Waals surface area contributed by atoms with Crippen LogP contribution in [0.2, 0.25) is 0 Å². The first kappa shape index (κ1) is 12.5. The summed E-state index contributed by atoms with van der Waals surface area (Å²) in [5.41, 5.74) is 0.